The van der Waals surface area contributed by atoms with Crippen LogP contribution in [-0.2, 0) is 27.9 Å². The zero-order valence-corrected chi connectivity index (χ0v) is 15.7. The van der Waals surface area contributed by atoms with E-state index in [-0.39, 0.29) is 24.5 Å². The van der Waals surface area contributed by atoms with Crippen LogP contribution in [0.4, 0.5) is 4.39 Å². The number of nitrogens with zero attached hydrogens (tertiary/aromatic N) is 1. The zero-order valence-electron chi connectivity index (χ0n) is 14.9. The molecule has 1 heterocycles. The summed E-state index contributed by atoms with van der Waals surface area (Å²) in [4.78, 5) is 12.4. The maximum absolute atomic E-state index is 13.2. The highest BCUT2D eigenvalue weighted by Crippen LogP contribution is 2.18. The van der Waals surface area contributed by atoms with Crippen molar-refractivity contribution in [2.24, 2.45) is 0 Å². The van der Waals surface area contributed by atoms with Gasteiger partial charge in [-0.3, -0.25) is 4.79 Å². The Labute approximate surface area is 162 Å². The Morgan fingerprint density at radius 3 is 2.36 bits per heavy atom. The van der Waals surface area contributed by atoms with Crippen LogP contribution in [0.1, 0.15) is 11.3 Å². The second-order valence-corrected chi connectivity index (χ2v) is 8.01. The summed E-state index contributed by atoms with van der Waals surface area (Å²) in [7, 11) is -3.92. The van der Waals surface area contributed by atoms with Gasteiger partial charge < -0.3 is 9.73 Å². The minimum absolute atomic E-state index is 0.0638. The first-order chi connectivity index (χ1) is 13.4. The molecule has 0 aliphatic heterocycles. The van der Waals surface area contributed by atoms with Gasteiger partial charge in [0.15, 0.2) is 0 Å². The molecule has 6 nitrogen and oxygen atoms in total. The number of sulfonamides is 1. The van der Waals surface area contributed by atoms with Gasteiger partial charge in [-0.1, -0.05) is 30.3 Å². The number of hydrogen-bond donors (Lipinski definition) is 1. The van der Waals surface area contributed by atoms with Crippen molar-refractivity contribution in [3.05, 3.63) is 90.1 Å². The van der Waals surface area contributed by atoms with Gasteiger partial charge in [0.05, 0.1) is 24.2 Å². The van der Waals surface area contributed by atoms with Crippen molar-refractivity contribution >= 4 is 15.9 Å². The lowest BCUT2D eigenvalue weighted by Gasteiger charge is -2.22. The van der Waals surface area contributed by atoms with Crippen LogP contribution in [0, 0.1) is 5.82 Å². The molecule has 2 aromatic carbocycles. The fourth-order valence-corrected chi connectivity index (χ4v) is 3.98. The van der Waals surface area contributed by atoms with Crippen LogP contribution in [0.5, 0.6) is 0 Å². The maximum Gasteiger partial charge on any atom is 0.243 e. The van der Waals surface area contributed by atoms with E-state index in [1.807, 2.05) is 0 Å². The Morgan fingerprint density at radius 2 is 1.71 bits per heavy atom. The van der Waals surface area contributed by atoms with Crippen molar-refractivity contribution in [1.82, 2.24) is 9.62 Å². The van der Waals surface area contributed by atoms with Gasteiger partial charge in [0.2, 0.25) is 15.9 Å². The van der Waals surface area contributed by atoms with Crippen molar-refractivity contribution in [1.29, 1.82) is 0 Å². The molecule has 0 aliphatic rings. The summed E-state index contributed by atoms with van der Waals surface area (Å²) < 4.78 is 45.4. The van der Waals surface area contributed by atoms with Gasteiger partial charge in [-0.2, -0.15) is 4.31 Å². The number of halogens is 1. The molecular formula is C20H19FN2O4S. The first kappa shape index (κ1) is 19.8. The van der Waals surface area contributed by atoms with Crippen molar-refractivity contribution in [2.45, 2.75) is 18.0 Å². The highest BCUT2D eigenvalue weighted by atomic mass is 32.2. The van der Waals surface area contributed by atoms with Crippen LogP contribution in [0.2, 0.25) is 0 Å². The van der Waals surface area contributed by atoms with E-state index < -0.39 is 21.7 Å². The third-order valence-corrected chi connectivity index (χ3v) is 5.82. The molecule has 0 saturated carbocycles. The fraction of sp³-hybridized carbons (Fsp3) is 0.150. The van der Waals surface area contributed by atoms with E-state index in [2.05, 4.69) is 5.32 Å². The number of benzene rings is 2. The number of nitrogens with one attached hydrogen (secondary N) is 1. The van der Waals surface area contributed by atoms with Crippen LogP contribution < -0.4 is 5.32 Å². The summed E-state index contributed by atoms with van der Waals surface area (Å²) in [5.74, 6) is -0.334. The average Bonchev–Trinajstić information content (AvgIpc) is 3.22. The van der Waals surface area contributed by atoms with Gasteiger partial charge in [-0.15, -0.1) is 0 Å². The lowest BCUT2D eigenvalue weighted by Crippen LogP contribution is -2.40. The molecule has 1 aromatic heterocycles. The minimum Gasteiger partial charge on any atom is -0.467 e. The molecule has 1 N–H and O–H groups in total. The van der Waals surface area contributed by atoms with E-state index in [1.165, 1.54) is 42.7 Å². The molecule has 0 spiro atoms. The van der Waals surface area contributed by atoms with E-state index in [0.29, 0.717) is 11.3 Å². The third kappa shape index (κ3) is 5.05. The molecule has 1 amide bonds. The summed E-state index contributed by atoms with van der Waals surface area (Å²) in [5, 5.41) is 2.64. The summed E-state index contributed by atoms with van der Waals surface area (Å²) in [6.45, 7) is -0.289. The zero-order chi connectivity index (χ0) is 20.0. The monoisotopic (exact) mass is 402 g/mol. The van der Waals surface area contributed by atoms with Gasteiger partial charge in [0.25, 0.3) is 0 Å². The first-order valence-electron chi connectivity index (χ1n) is 8.54. The predicted octanol–water partition coefficient (Wildman–Crippen LogP) is 2.93. The number of rotatable bonds is 8. The standard InChI is InChI=1S/C20H19FN2O4S/c21-17-10-8-16(9-11-17)14-23(28(25,26)19-6-2-1-3-7-19)15-20(24)22-13-18-5-4-12-27-18/h1-12H,13-15H2,(H,22,24). The molecule has 3 rings (SSSR count). The molecule has 0 saturated heterocycles. The van der Waals surface area contributed by atoms with Gasteiger partial charge in [0, 0.05) is 6.54 Å². The van der Waals surface area contributed by atoms with Gasteiger partial charge in [-0.05, 0) is 42.0 Å². The second kappa shape index (κ2) is 8.81. The molecule has 0 atom stereocenters. The Morgan fingerprint density at radius 1 is 1.00 bits per heavy atom. The Kier molecular flexibility index (Phi) is 6.23. The largest absolute Gasteiger partial charge is 0.467 e. The molecule has 28 heavy (non-hydrogen) atoms. The van der Waals surface area contributed by atoms with Crippen molar-refractivity contribution in [3.63, 3.8) is 0 Å². The van der Waals surface area contributed by atoms with Crippen LogP contribution in [0.25, 0.3) is 0 Å². The number of carbonyl (C=O) groups is 1. The van der Waals surface area contributed by atoms with E-state index in [0.717, 1.165) is 4.31 Å². The Hall–Kier alpha value is -2.97. The quantitative estimate of drug-likeness (QED) is 0.628. The molecule has 0 aliphatic carbocycles. The highest BCUT2D eigenvalue weighted by Gasteiger charge is 2.26. The summed E-state index contributed by atoms with van der Waals surface area (Å²) >= 11 is 0. The fourth-order valence-electron chi connectivity index (χ4n) is 2.58. The normalized spacial score (nSPS) is 11.5. The topological polar surface area (TPSA) is 79.6 Å². The molecule has 0 fully saturated rings. The van der Waals surface area contributed by atoms with E-state index in [4.69, 9.17) is 4.42 Å². The minimum atomic E-state index is -3.92. The maximum atomic E-state index is 13.2. The molecule has 3 aromatic rings. The van der Waals surface area contributed by atoms with E-state index in [9.17, 15) is 17.6 Å². The molecule has 0 bridgehead atoms. The molecule has 0 unspecified atom stereocenters. The lowest BCUT2D eigenvalue weighted by atomic mass is 10.2. The van der Waals surface area contributed by atoms with Crippen LogP contribution in [0.15, 0.2) is 82.3 Å². The summed E-state index contributed by atoms with van der Waals surface area (Å²) in [6.07, 6.45) is 1.49. The highest BCUT2D eigenvalue weighted by molar-refractivity contribution is 7.89. The van der Waals surface area contributed by atoms with Gasteiger partial charge >= 0.3 is 0 Å². The van der Waals surface area contributed by atoms with Crippen LogP contribution >= 0.6 is 0 Å². The number of amides is 1. The predicted molar refractivity (Wildman–Crippen MR) is 101 cm³/mol. The lowest BCUT2D eigenvalue weighted by molar-refractivity contribution is -0.121. The number of furan rings is 1. The van der Waals surface area contributed by atoms with Crippen molar-refractivity contribution < 1.29 is 22.0 Å². The van der Waals surface area contributed by atoms with E-state index in [1.54, 1.807) is 30.3 Å². The second-order valence-electron chi connectivity index (χ2n) is 6.07. The van der Waals surface area contributed by atoms with Gasteiger partial charge in [-0.25, -0.2) is 12.8 Å². The SMILES string of the molecule is O=C(CN(Cc1ccc(F)cc1)S(=O)(=O)c1ccccc1)NCc1ccco1. The Bertz CT molecular complexity index is 1000. The van der Waals surface area contributed by atoms with Crippen LogP contribution in [-0.4, -0.2) is 25.2 Å². The summed E-state index contributed by atoms with van der Waals surface area (Å²) in [6, 6.07) is 16.7. The van der Waals surface area contributed by atoms with Crippen LogP contribution in [0.3, 0.4) is 0 Å². The van der Waals surface area contributed by atoms with E-state index >= 15 is 0 Å². The average molecular weight is 402 g/mol. The summed E-state index contributed by atoms with van der Waals surface area (Å²) in [5.41, 5.74) is 0.569. The molecule has 146 valence electrons. The molecule has 8 heteroatoms. The Balaban J connectivity index is 1.79. The number of carbonyl (C=O) groups excluding carboxylic acids is 1. The molecule has 0 radical (unpaired) electrons. The van der Waals surface area contributed by atoms with Gasteiger partial charge in [0.1, 0.15) is 11.6 Å². The van der Waals surface area contributed by atoms with Crippen molar-refractivity contribution in [3.8, 4) is 0 Å². The first-order valence-corrected chi connectivity index (χ1v) is 9.98. The number of hydrogen-bond acceptors (Lipinski definition) is 4. The molecular weight excluding hydrogens is 383 g/mol. The van der Waals surface area contributed by atoms with Crippen molar-refractivity contribution in [2.75, 3.05) is 6.54 Å². The smallest absolute Gasteiger partial charge is 0.243 e. The third-order valence-electron chi connectivity index (χ3n) is 4.01.